The highest BCUT2D eigenvalue weighted by Crippen LogP contribution is 2.11. The second-order valence-corrected chi connectivity index (χ2v) is 4.75. The number of aliphatic carboxylic acids is 1. The van der Waals surface area contributed by atoms with E-state index in [2.05, 4.69) is 5.32 Å². The van der Waals surface area contributed by atoms with E-state index in [9.17, 15) is 9.18 Å². The third-order valence-electron chi connectivity index (χ3n) is 3.31. The predicted molar refractivity (Wildman–Crippen MR) is 72.4 cm³/mol. The highest BCUT2D eigenvalue weighted by molar-refractivity contribution is 5.73. The van der Waals surface area contributed by atoms with Crippen molar-refractivity contribution in [2.45, 2.75) is 12.5 Å². The standard InChI is InChI=1S/C14H19FN2O3/c15-11-2-4-12(5-3-11)20-9-1-7-17-8-6-16-10-13(17)14(18)19/h2-5,13,16H,1,6-10H2,(H,18,19). The van der Waals surface area contributed by atoms with Gasteiger partial charge in [0.2, 0.25) is 0 Å². The van der Waals surface area contributed by atoms with Crippen LogP contribution in [0.15, 0.2) is 24.3 Å². The lowest BCUT2D eigenvalue weighted by molar-refractivity contribution is -0.144. The minimum absolute atomic E-state index is 0.289. The number of rotatable bonds is 6. The largest absolute Gasteiger partial charge is 0.494 e. The lowest BCUT2D eigenvalue weighted by atomic mass is 10.2. The first-order valence-electron chi connectivity index (χ1n) is 6.73. The Morgan fingerprint density at radius 3 is 2.90 bits per heavy atom. The Labute approximate surface area is 117 Å². The van der Waals surface area contributed by atoms with E-state index in [4.69, 9.17) is 9.84 Å². The Hall–Kier alpha value is -1.66. The fourth-order valence-corrected chi connectivity index (χ4v) is 2.25. The number of carboxylic acids is 1. The molecule has 0 spiro atoms. The van der Waals surface area contributed by atoms with Gasteiger partial charge in [-0.15, -0.1) is 0 Å². The van der Waals surface area contributed by atoms with Gasteiger partial charge >= 0.3 is 5.97 Å². The molecule has 0 aromatic heterocycles. The normalized spacial score (nSPS) is 19.8. The van der Waals surface area contributed by atoms with E-state index in [1.807, 2.05) is 4.90 Å². The van der Waals surface area contributed by atoms with Crippen LogP contribution in [0, 0.1) is 5.82 Å². The summed E-state index contributed by atoms with van der Waals surface area (Å²) < 4.78 is 18.2. The zero-order valence-corrected chi connectivity index (χ0v) is 11.2. The summed E-state index contributed by atoms with van der Waals surface area (Å²) in [5, 5.41) is 12.2. The molecule has 0 saturated carbocycles. The lowest BCUT2D eigenvalue weighted by Gasteiger charge is -2.33. The molecule has 0 radical (unpaired) electrons. The van der Waals surface area contributed by atoms with Crippen LogP contribution >= 0.6 is 0 Å². The molecule has 1 aromatic rings. The highest BCUT2D eigenvalue weighted by Gasteiger charge is 2.27. The summed E-state index contributed by atoms with van der Waals surface area (Å²) in [6, 6.07) is 5.41. The van der Waals surface area contributed by atoms with Crippen LogP contribution in [-0.4, -0.2) is 54.8 Å². The van der Waals surface area contributed by atoms with Crippen molar-refractivity contribution in [1.82, 2.24) is 10.2 Å². The summed E-state index contributed by atoms with van der Waals surface area (Å²) in [6.45, 7) is 3.19. The first kappa shape index (κ1) is 14.7. The lowest BCUT2D eigenvalue weighted by Crippen LogP contribution is -2.55. The molecular weight excluding hydrogens is 263 g/mol. The van der Waals surface area contributed by atoms with Crippen molar-refractivity contribution in [3.05, 3.63) is 30.1 Å². The highest BCUT2D eigenvalue weighted by atomic mass is 19.1. The Morgan fingerprint density at radius 2 is 2.20 bits per heavy atom. The number of carbonyl (C=O) groups is 1. The molecular formula is C14H19FN2O3. The first-order valence-corrected chi connectivity index (χ1v) is 6.73. The van der Waals surface area contributed by atoms with E-state index in [0.717, 1.165) is 19.5 Å². The topological polar surface area (TPSA) is 61.8 Å². The molecule has 1 aliphatic heterocycles. The zero-order valence-electron chi connectivity index (χ0n) is 11.2. The van der Waals surface area contributed by atoms with Crippen molar-refractivity contribution < 1.29 is 19.0 Å². The number of ether oxygens (including phenoxy) is 1. The molecule has 2 N–H and O–H groups in total. The maximum atomic E-state index is 12.7. The first-order chi connectivity index (χ1) is 9.66. The van der Waals surface area contributed by atoms with Gasteiger partial charge in [0.05, 0.1) is 6.61 Å². The average Bonchev–Trinajstić information content (AvgIpc) is 2.46. The van der Waals surface area contributed by atoms with Crippen LogP contribution in [0.4, 0.5) is 4.39 Å². The minimum atomic E-state index is -0.795. The number of piperazine rings is 1. The number of nitrogens with one attached hydrogen (secondary N) is 1. The number of hydrogen-bond acceptors (Lipinski definition) is 4. The van der Waals surface area contributed by atoms with Gasteiger partial charge in [0.25, 0.3) is 0 Å². The summed E-state index contributed by atoms with van der Waals surface area (Å²) in [7, 11) is 0. The van der Waals surface area contributed by atoms with Gasteiger partial charge in [-0.1, -0.05) is 0 Å². The van der Waals surface area contributed by atoms with E-state index in [1.54, 1.807) is 12.1 Å². The summed E-state index contributed by atoms with van der Waals surface area (Å²) in [5.74, 6) is -0.458. The monoisotopic (exact) mass is 282 g/mol. The van der Waals surface area contributed by atoms with Crippen LogP contribution in [0.3, 0.4) is 0 Å². The van der Waals surface area contributed by atoms with Gasteiger partial charge in [-0.25, -0.2) is 4.39 Å². The molecule has 1 aromatic carbocycles. The van der Waals surface area contributed by atoms with Gasteiger partial charge in [-0.3, -0.25) is 9.69 Å². The number of carboxylic acid groups (broad SMARTS) is 1. The van der Waals surface area contributed by atoms with Crippen LogP contribution in [-0.2, 0) is 4.79 Å². The molecule has 1 unspecified atom stereocenters. The van der Waals surface area contributed by atoms with Crippen LogP contribution in [0.5, 0.6) is 5.75 Å². The molecule has 1 fully saturated rings. The molecule has 0 aliphatic carbocycles. The SMILES string of the molecule is O=C(O)C1CNCCN1CCCOc1ccc(F)cc1. The number of hydrogen-bond donors (Lipinski definition) is 2. The Morgan fingerprint density at radius 1 is 1.45 bits per heavy atom. The number of nitrogens with zero attached hydrogens (tertiary/aromatic N) is 1. The molecule has 0 amide bonds. The predicted octanol–water partition coefficient (Wildman–Crippen LogP) is 0.953. The Bertz CT molecular complexity index is 439. The zero-order chi connectivity index (χ0) is 14.4. The smallest absolute Gasteiger partial charge is 0.322 e. The van der Waals surface area contributed by atoms with Crippen LogP contribution < -0.4 is 10.1 Å². The Kier molecular flexibility index (Phi) is 5.31. The van der Waals surface area contributed by atoms with Gasteiger partial charge in [-0.2, -0.15) is 0 Å². The van der Waals surface area contributed by atoms with E-state index in [1.165, 1.54) is 12.1 Å². The summed E-state index contributed by atoms with van der Waals surface area (Å²) >= 11 is 0. The van der Waals surface area contributed by atoms with Crippen LogP contribution in [0.1, 0.15) is 6.42 Å². The van der Waals surface area contributed by atoms with Crippen molar-refractivity contribution in [1.29, 1.82) is 0 Å². The van der Waals surface area contributed by atoms with Crippen molar-refractivity contribution in [3.63, 3.8) is 0 Å². The average molecular weight is 282 g/mol. The van der Waals surface area contributed by atoms with E-state index in [0.29, 0.717) is 25.4 Å². The van der Waals surface area contributed by atoms with Gasteiger partial charge in [0.15, 0.2) is 0 Å². The van der Waals surface area contributed by atoms with Crippen molar-refractivity contribution in [2.75, 3.05) is 32.8 Å². The molecule has 6 heteroatoms. The molecule has 1 saturated heterocycles. The molecule has 1 heterocycles. The molecule has 20 heavy (non-hydrogen) atoms. The molecule has 110 valence electrons. The van der Waals surface area contributed by atoms with Crippen LogP contribution in [0.25, 0.3) is 0 Å². The van der Waals surface area contributed by atoms with Gasteiger partial charge in [-0.05, 0) is 30.7 Å². The number of benzene rings is 1. The summed E-state index contributed by atoms with van der Waals surface area (Å²) in [4.78, 5) is 13.1. The fourth-order valence-electron chi connectivity index (χ4n) is 2.25. The van der Waals surface area contributed by atoms with Gasteiger partial charge in [0.1, 0.15) is 17.6 Å². The quantitative estimate of drug-likeness (QED) is 0.761. The minimum Gasteiger partial charge on any atom is -0.494 e. The third-order valence-corrected chi connectivity index (χ3v) is 3.31. The van der Waals surface area contributed by atoms with Gasteiger partial charge in [0, 0.05) is 26.2 Å². The fraction of sp³-hybridized carbons (Fsp3) is 0.500. The van der Waals surface area contributed by atoms with Crippen molar-refractivity contribution in [3.8, 4) is 5.75 Å². The maximum Gasteiger partial charge on any atom is 0.322 e. The molecule has 2 rings (SSSR count). The van der Waals surface area contributed by atoms with E-state index < -0.39 is 12.0 Å². The van der Waals surface area contributed by atoms with E-state index >= 15 is 0 Å². The molecule has 0 bridgehead atoms. The Balaban J connectivity index is 1.72. The maximum absolute atomic E-state index is 12.7. The second kappa shape index (κ2) is 7.21. The van der Waals surface area contributed by atoms with E-state index in [-0.39, 0.29) is 5.82 Å². The molecule has 5 nitrogen and oxygen atoms in total. The van der Waals surface area contributed by atoms with Gasteiger partial charge < -0.3 is 15.2 Å². The molecule has 1 aliphatic rings. The second-order valence-electron chi connectivity index (χ2n) is 4.75. The molecule has 1 atom stereocenters. The van der Waals surface area contributed by atoms with Crippen molar-refractivity contribution in [2.24, 2.45) is 0 Å². The van der Waals surface area contributed by atoms with Crippen LogP contribution in [0.2, 0.25) is 0 Å². The third kappa shape index (κ3) is 4.18. The summed E-state index contributed by atoms with van der Waals surface area (Å²) in [6.07, 6.45) is 0.737. The number of halogens is 1. The van der Waals surface area contributed by atoms with Crippen molar-refractivity contribution >= 4 is 5.97 Å². The summed E-state index contributed by atoms with van der Waals surface area (Å²) in [5.41, 5.74) is 0.